The van der Waals surface area contributed by atoms with Gasteiger partial charge in [-0.05, 0) is 231 Å². The third-order valence-electron chi connectivity index (χ3n) is 29.9. The summed E-state index contributed by atoms with van der Waals surface area (Å²) in [5, 5.41) is 15.2. The zero-order valence-corrected chi connectivity index (χ0v) is 83.7. The first kappa shape index (κ1) is 103. The molecule has 0 radical (unpaired) electrons. The molecule has 8 aromatic carbocycles. The van der Waals surface area contributed by atoms with Crippen molar-refractivity contribution < 1.29 is 76.5 Å². The molecule has 28 nitrogen and oxygen atoms in total. The molecule has 5 N–H and O–H groups in total. The number of ether oxygens (including phenoxy) is 4. The van der Waals surface area contributed by atoms with Gasteiger partial charge in [-0.3, -0.25) is 72.2 Å². The Morgan fingerprint density at radius 1 is 0.338 bits per heavy atom. The van der Waals surface area contributed by atoms with Gasteiger partial charge in [-0.2, -0.15) is 0 Å². The van der Waals surface area contributed by atoms with Crippen LogP contribution in [0.4, 0.5) is 5.69 Å². The van der Waals surface area contributed by atoms with Crippen LogP contribution in [0.1, 0.15) is 240 Å². The van der Waals surface area contributed by atoms with Gasteiger partial charge >= 0.3 is 0 Å². The molecule has 145 heavy (non-hydrogen) atoms. The Hall–Kier alpha value is -13.0. The van der Waals surface area contributed by atoms with Crippen LogP contribution in [0.25, 0.3) is 0 Å². The average molecular weight is 1980 g/mol. The number of ketones is 4. The Morgan fingerprint density at radius 2 is 0.648 bits per heavy atom. The molecule has 0 saturated carbocycles. The summed E-state index contributed by atoms with van der Waals surface area (Å²) in [7, 11) is 0. The van der Waals surface area contributed by atoms with E-state index < -0.39 is 24.2 Å². The van der Waals surface area contributed by atoms with E-state index >= 15 is 0 Å². The number of carbonyl (C=O) groups is 12. The fourth-order valence-electron chi connectivity index (χ4n) is 21.2. The van der Waals surface area contributed by atoms with Crippen molar-refractivity contribution in [2.45, 2.75) is 198 Å². The molecule has 8 saturated heterocycles. The Balaban J connectivity index is 0.000000132. The number of hydrogen-bond acceptors (Lipinski definition) is 20. The van der Waals surface area contributed by atoms with Crippen LogP contribution in [-0.2, 0) is 109 Å². The number of piperidine rings is 4. The van der Waals surface area contributed by atoms with Crippen molar-refractivity contribution in [2.75, 3.05) is 117 Å². The molecule has 758 valence electrons. The molecular formula is C116H131ClN12O16. The van der Waals surface area contributed by atoms with Gasteiger partial charge in [0.15, 0.2) is 23.1 Å². The topological polar surface area (TPSA) is 325 Å². The molecule has 0 aliphatic carbocycles. The SMILES string of the molecule is C=C1CCC(N2Cc3cc(CCC(=O)c4ccc(CCN5CCOCC5)c(C)c4)ccc3C2=O)C(=O)N1.C=C1CCC(N2Cc3cc(CCC(=O)c4ccc(CCN5CCOCC5)c(Cl)c4)ccc3C2=O)C(=O)N1.C=C1CCC(N2Cc3cc(CCC(=O)c4ccc(CCN5CCOCC5)cc4)ccc3C2=O)C(=O)N1.C=C1CCC(N2Cc3cc(CCC(=O)c4cccc(NC5CCOCC5)c4)ccc3C2=O)C(=O)N1. The van der Waals surface area contributed by atoms with Gasteiger partial charge in [0.1, 0.15) is 24.2 Å². The molecule has 8 amide bonds. The van der Waals surface area contributed by atoms with Gasteiger partial charge < -0.3 is 65.1 Å². The number of rotatable bonds is 31. The van der Waals surface area contributed by atoms with Crippen molar-refractivity contribution >= 4 is 87.7 Å². The highest BCUT2D eigenvalue weighted by Crippen LogP contribution is 2.37. The molecule has 4 atom stereocenters. The standard InChI is InChI=1S/C30H35N3O4.C29H32ClN3O4.C29H33N3O4.C28H31N3O4/c1-20-17-24(7-6-23(20)11-12-32-13-15-37-16-14-32)28(34)10-5-22-4-8-26-25(18-22)19-33(30(26)36)27-9-3-21(2)31-29(27)35;1-19-2-8-26(28(35)31-19)33-18-23-16-20(3-7-24(23)29(33)36)4-9-27(34)22-6-5-21(25(30)17-22)10-11-32-12-14-37-15-13-32;1-20-2-10-26(28(34)30-20)32-19-24-18-22(5-9-25(24)29(32)35)6-11-27(33)23-7-3-21(4-8-23)12-13-31-14-16-36-17-15-31;1-18-5-9-25(27(33)29-18)31-17-21-15-19(6-8-24(21)28(31)34)7-10-26(32)20-3-2-4-23(16-20)30-22-11-13-35-14-12-22/h4,6-8,17-18,27H,2-3,5,9-16,19H2,1H3,(H,31,35);3,5-7,16-17,26H,1-2,4,8-15,18H2,(H,31,35);3-5,7-9,18,26H,1-2,6,10-17,19H2,(H,30,34);2-4,6,8,15-16,22,25,30H,1,5,7,9-14,17H2,(H,29,33). The van der Waals surface area contributed by atoms with E-state index in [-0.39, 0.29) is 70.4 Å². The second kappa shape index (κ2) is 48.3. The van der Waals surface area contributed by atoms with Crippen LogP contribution in [0, 0.1) is 6.92 Å². The summed E-state index contributed by atoms with van der Waals surface area (Å²) in [6.45, 7) is 34.1. The minimum absolute atomic E-state index is 0.0407. The van der Waals surface area contributed by atoms with E-state index in [1.54, 1.807) is 25.7 Å². The van der Waals surface area contributed by atoms with E-state index in [1.165, 1.54) is 11.1 Å². The fourth-order valence-corrected chi connectivity index (χ4v) is 21.4. The lowest BCUT2D eigenvalue weighted by atomic mass is 9.96. The van der Waals surface area contributed by atoms with Crippen LogP contribution in [0.5, 0.6) is 0 Å². The van der Waals surface area contributed by atoms with Gasteiger partial charge in [0.2, 0.25) is 23.6 Å². The minimum atomic E-state index is -0.475. The van der Waals surface area contributed by atoms with E-state index in [0.717, 1.165) is 216 Å². The zero-order valence-electron chi connectivity index (χ0n) is 83.0. The second-order valence-corrected chi connectivity index (χ2v) is 40.3. The van der Waals surface area contributed by atoms with Crippen molar-refractivity contribution in [3.8, 4) is 0 Å². The number of hydrogen-bond donors (Lipinski definition) is 5. The third kappa shape index (κ3) is 26.3. The maximum Gasteiger partial charge on any atom is 0.255 e. The number of amides is 8. The van der Waals surface area contributed by atoms with Crippen molar-refractivity contribution in [1.29, 1.82) is 0 Å². The fraction of sp³-hybridized carbons (Fsp3) is 0.414. The molecule has 12 aliphatic heterocycles. The van der Waals surface area contributed by atoms with Gasteiger partial charge in [-0.1, -0.05) is 147 Å². The van der Waals surface area contributed by atoms with Crippen LogP contribution in [0.2, 0.25) is 5.02 Å². The lowest BCUT2D eigenvalue weighted by Gasteiger charge is -2.30. The summed E-state index contributed by atoms with van der Waals surface area (Å²) in [5.41, 5.74) is 21.6. The number of Topliss-reactive ketones (excluding diaryl/α,β-unsaturated/α-hetero) is 4. The first-order valence-corrected chi connectivity index (χ1v) is 51.7. The number of carbonyl (C=O) groups excluding carboxylic acids is 12. The number of allylic oxidation sites excluding steroid dienone is 4. The second-order valence-electron chi connectivity index (χ2n) is 39.8. The maximum atomic E-state index is 13.0. The molecule has 0 bridgehead atoms. The number of morpholine rings is 3. The lowest BCUT2D eigenvalue weighted by molar-refractivity contribution is -0.127. The van der Waals surface area contributed by atoms with Crippen molar-refractivity contribution in [3.05, 3.63) is 323 Å². The molecule has 4 unspecified atom stereocenters. The molecule has 29 heteroatoms. The van der Waals surface area contributed by atoms with Gasteiger partial charge in [-0.25, -0.2) is 0 Å². The van der Waals surface area contributed by atoms with Crippen molar-refractivity contribution in [3.63, 3.8) is 0 Å². The number of benzene rings is 8. The summed E-state index contributed by atoms with van der Waals surface area (Å²) >= 11 is 6.52. The number of nitrogens with zero attached hydrogens (tertiary/aromatic N) is 7. The van der Waals surface area contributed by atoms with Crippen LogP contribution in [0.15, 0.2) is 207 Å². The largest absolute Gasteiger partial charge is 0.382 e. The predicted octanol–water partition coefficient (Wildman–Crippen LogP) is 14.2. The van der Waals surface area contributed by atoms with E-state index in [0.29, 0.717) is 196 Å². The van der Waals surface area contributed by atoms with E-state index in [1.807, 2.05) is 133 Å². The van der Waals surface area contributed by atoms with Crippen molar-refractivity contribution in [1.82, 2.24) is 55.6 Å². The molecule has 12 heterocycles. The third-order valence-corrected chi connectivity index (χ3v) is 30.2. The van der Waals surface area contributed by atoms with Crippen LogP contribution >= 0.6 is 11.6 Å². The molecule has 20 rings (SSSR count). The number of fused-ring (bicyclic) bond motifs is 4. The van der Waals surface area contributed by atoms with Crippen LogP contribution in [0.3, 0.4) is 0 Å². The summed E-state index contributed by atoms with van der Waals surface area (Å²) in [5.74, 6) is -0.711. The highest BCUT2D eigenvalue weighted by atomic mass is 35.5. The predicted molar refractivity (Wildman–Crippen MR) is 553 cm³/mol. The van der Waals surface area contributed by atoms with E-state index in [4.69, 9.17) is 30.5 Å². The number of aryl methyl sites for hydroxylation is 5. The average Bonchev–Trinajstić information content (AvgIpc) is 1.64. The zero-order chi connectivity index (χ0) is 101. The van der Waals surface area contributed by atoms with Gasteiger partial charge in [0.05, 0.1) is 39.6 Å². The molecule has 0 aromatic heterocycles. The maximum absolute atomic E-state index is 13.0. The quantitative estimate of drug-likeness (QED) is 0.0252. The van der Waals surface area contributed by atoms with Gasteiger partial charge in [0.25, 0.3) is 23.6 Å². The minimum Gasteiger partial charge on any atom is -0.382 e. The molecule has 8 aromatic rings. The van der Waals surface area contributed by atoms with Gasteiger partial charge in [0, 0.05) is 208 Å². The van der Waals surface area contributed by atoms with E-state index in [9.17, 15) is 57.5 Å². The number of anilines is 1. The molecule has 0 spiro atoms. The molecule has 12 aliphatic rings. The highest BCUT2D eigenvalue weighted by molar-refractivity contribution is 6.31. The first-order valence-electron chi connectivity index (χ1n) is 51.3. The normalized spacial score (nSPS) is 20.3. The van der Waals surface area contributed by atoms with Gasteiger partial charge in [-0.15, -0.1) is 0 Å². The van der Waals surface area contributed by atoms with E-state index in [2.05, 4.69) is 92.7 Å². The summed E-state index contributed by atoms with van der Waals surface area (Å²) in [4.78, 5) is 167. The Labute approximate surface area is 853 Å². The van der Waals surface area contributed by atoms with Crippen molar-refractivity contribution in [2.24, 2.45) is 0 Å². The Bertz CT molecular complexity index is 6120. The molecule has 8 fully saturated rings. The monoisotopic (exact) mass is 1980 g/mol. The molecular weight excluding hydrogens is 1850 g/mol. The Kier molecular flexibility index (Phi) is 34.5. The number of nitrogens with one attached hydrogen (secondary N) is 5. The summed E-state index contributed by atoms with van der Waals surface area (Å²) in [6.07, 6.45) is 13.8. The van der Waals surface area contributed by atoms with Crippen LogP contribution in [-0.4, -0.2) is 247 Å². The first-order chi connectivity index (χ1) is 70.2. The summed E-state index contributed by atoms with van der Waals surface area (Å²) in [6, 6.07) is 48.9. The lowest BCUT2D eigenvalue weighted by Crippen LogP contribution is -2.49. The smallest absolute Gasteiger partial charge is 0.255 e. The highest BCUT2D eigenvalue weighted by Gasteiger charge is 2.43. The Morgan fingerprint density at radius 3 is 1.00 bits per heavy atom. The van der Waals surface area contributed by atoms with Crippen LogP contribution < -0.4 is 26.6 Å². The summed E-state index contributed by atoms with van der Waals surface area (Å²) < 4.78 is 21.6. The number of halogens is 1.